The number of thiazole rings is 1. The van der Waals surface area contributed by atoms with Crippen molar-refractivity contribution in [3.8, 4) is 16.5 Å². The number of amides is 3. The zero-order valence-corrected chi connectivity index (χ0v) is 28.9. The number of piperidine rings is 1. The van der Waals surface area contributed by atoms with Crippen LogP contribution in [0.2, 0.25) is 0 Å². The van der Waals surface area contributed by atoms with E-state index in [9.17, 15) is 14.7 Å². The Balaban J connectivity index is 1.07. The van der Waals surface area contributed by atoms with Gasteiger partial charge in [-0.1, -0.05) is 56.2 Å². The second kappa shape index (κ2) is 16.1. The third-order valence-electron chi connectivity index (χ3n) is 8.83. The van der Waals surface area contributed by atoms with Gasteiger partial charge in [0, 0.05) is 54.7 Å². The van der Waals surface area contributed by atoms with E-state index in [0.717, 1.165) is 68.5 Å². The molecule has 10 nitrogen and oxygen atoms in total. The van der Waals surface area contributed by atoms with Gasteiger partial charge in [-0.15, -0.1) is 0 Å². The van der Waals surface area contributed by atoms with E-state index in [-0.39, 0.29) is 18.0 Å². The Hall–Kier alpha value is -4.71. The van der Waals surface area contributed by atoms with Crippen LogP contribution in [0.1, 0.15) is 67.4 Å². The number of likely N-dealkylation sites (tertiary alicyclic amines) is 1. The predicted molar refractivity (Wildman–Crippen MR) is 196 cm³/mol. The smallest absolute Gasteiger partial charge is 0.319 e. The first-order chi connectivity index (χ1) is 23.9. The topological polar surface area (TPSA) is 121 Å². The molecule has 1 aliphatic heterocycles. The molecular weight excluding hydrogens is 637 g/mol. The molecule has 1 saturated heterocycles. The summed E-state index contributed by atoms with van der Waals surface area (Å²) < 4.78 is 8.31. The number of aliphatic hydroxyl groups is 1. The number of carbonyl (C=O) groups is 2. The van der Waals surface area contributed by atoms with Crippen molar-refractivity contribution < 1.29 is 19.4 Å². The van der Waals surface area contributed by atoms with Gasteiger partial charge in [0.2, 0.25) is 5.06 Å². The number of para-hydroxylation sites is 1. The first-order valence-corrected chi connectivity index (χ1v) is 17.9. The lowest BCUT2D eigenvalue weighted by molar-refractivity contribution is 0.0794. The zero-order valence-electron chi connectivity index (χ0n) is 28.1. The van der Waals surface area contributed by atoms with Crippen molar-refractivity contribution >= 4 is 45.0 Å². The number of nitrogens with one attached hydrogen (secondary N) is 3. The molecule has 256 valence electrons. The van der Waals surface area contributed by atoms with Gasteiger partial charge in [0.05, 0.1) is 17.8 Å². The van der Waals surface area contributed by atoms with Gasteiger partial charge in [-0.05, 0) is 85.3 Å². The van der Waals surface area contributed by atoms with Crippen LogP contribution in [0.4, 0.5) is 15.6 Å². The summed E-state index contributed by atoms with van der Waals surface area (Å²) in [4.78, 5) is 32.2. The minimum atomic E-state index is -0.254. The highest BCUT2D eigenvalue weighted by Gasteiger charge is 2.19. The van der Waals surface area contributed by atoms with Crippen LogP contribution in [0.3, 0.4) is 0 Å². The van der Waals surface area contributed by atoms with Gasteiger partial charge >= 0.3 is 6.03 Å². The van der Waals surface area contributed by atoms with Crippen LogP contribution in [-0.4, -0.2) is 57.2 Å². The molecule has 0 atom stereocenters. The number of urea groups is 1. The van der Waals surface area contributed by atoms with Gasteiger partial charge < -0.3 is 25.0 Å². The number of hydrogen-bond acceptors (Lipinski definition) is 7. The van der Waals surface area contributed by atoms with E-state index in [1.165, 1.54) is 22.3 Å². The molecule has 0 aliphatic carbocycles. The minimum Gasteiger partial charge on any atom is -0.445 e. The molecule has 49 heavy (non-hydrogen) atoms. The molecule has 0 saturated carbocycles. The number of nitrogens with zero attached hydrogens (tertiary/aromatic N) is 3. The highest BCUT2D eigenvalue weighted by molar-refractivity contribution is 7.17. The molecule has 0 bridgehead atoms. The Labute approximate surface area is 291 Å². The van der Waals surface area contributed by atoms with Crippen molar-refractivity contribution in [3.63, 3.8) is 0 Å². The van der Waals surface area contributed by atoms with Crippen molar-refractivity contribution in [3.05, 3.63) is 95.8 Å². The van der Waals surface area contributed by atoms with Crippen LogP contribution in [0.25, 0.3) is 16.6 Å². The average molecular weight is 681 g/mol. The predicted octanol–water partition coefficient (Wildman–Crippen LogP) is 7.96. The first-order valence-electron chi connectivity index (χ1n) is 17.1. The monoisotopic (exact) mass is 680 g/mol. The maximum atomic E-state index is 13.2. The molecule has 3 aromatic carbocycles. The molecule has 1 aliphatic rings. The maximum Gasteiger partial charge on any atom is 0.319 e. The van der Waals surface area contributed by atoms with Crippen LogP contribution in [0.15, 0.2) is 79.1 Å². The molecule has 3 heterocycles. The molecular formula is C38H44N6O4S. The summed E-state index contributed by atoms with van der Waals surface area (Å²) in [5.74, 6) is 0.416. The number of benzene rings is 3. The molecule has 2 aromatic heterocycles. The average Bonchev–Trinajstić information content (AvgIpc) is 3.72. The first kappa shape index (κ1) is 34.2. The fraction of sp³-hybridized carbons (Fsp3) is 0.342. The van der Waals surface area contributed by atoms with E-state index in [4.69, 9.17) is 4.74 Å². The number of carbonyl (C=O) groups excluding carboxylic acids is 2. The van der Waals surface area contributed by atoms with Gasteiger partial charge in [0.15, 0.2) is 5.13 Å². The molecule has 6 rings (SSSR count). The summed E-state index contributed by atoms with van der Waals surface area (Å²) in [5, 5.41) is 20.8. The number of aryl methyl sites for hydroxylation is 1. The molecule has 5 aromatic rings. The molecule has 0 spiro atoms. The number of ether oxygens (including phenoxy) is 1. The van der Waals surface area contributed by atoms with Crippen LogP contribution < -0.4 is 20.7 Å². The summed E-state index contributed by atoms with van der Waals surface area (Å²) in [5.41, 5.74) is 5.49. The van der Waals surface area contributed by atoms with Crippen molar-refractivity contribution in [1.29, 1.82) is 0 Å². The van der Waals surface area contributed by atoms with Crippen LogP contribution in [-0.2, 0) is 13.0 Å². The summed E-state index contributed by atoms with van der Waals surface area (Å²) in [6.45, 7) is 7.42. The largest absolute Gasteiger partial charge is 0.445 e. The summed E-state index contributed by atoms with van der Waals surface area (Å²) in [7, 11) is 0. The van der Waals surface area contributed by atoms with Crippen molar-refractivity contribution in [2.24, 2.45) is 0 Å². The number of hydrogen-bond donors (Lipinski definition) is 4. The molecule has 1 fully saturated rings. The molecule has 0 unspecified atom stereocenters. The lowest BCUT2D eigenvalue weighted by atomic mass is 10.1. The Bertz CT molecular complexity index is 1880. The third-order valence-corrected chi connectivity index (χ3v) is 9.62. The second-order valence-corrected chi connectivity index (χ2v) is 13.4. The Morgan fingerprint density at radius 1 is 0.980 bits per heavy atom. The summed E-state index contributed by atoms with van der Waals surface area (Å²) >= 11 is 1.25. The fourth-order valence-corrected chi connectivity index (χ4v) is 6.79. The van der Waals surface area contributed by atoms with E-state index in [1.807, 2.05) is 55.5 Å². The van der Waals surface area contributed by atoms with Gasteiger partial charge in [-0.3, -0.25) is 15.0 Å². The van der Waals surface area contributed by atoms with Gasteiger partial charge in [0.1, 0.15) is 5.75 Å². The van der Waals surface area contributed by atoms with Crippen LogP contribution in [0, 0.1) is 0 Å². The van der Waals surface area contributed by atoms with Crippen molar-refractivity contribution in [1.82, 2.24) is 19.8 Å². The zero-order chi connectivity index (χ0) is 34.2. The van der Waals surface area contributed by atoms with Gasteiger partial charge in [-0.25, -0.2) is 9.78 Å². The minimum absolute atomic E-state index is 0.193. The number of aliphatic hydroxyl groups excluding tert-OH is 1. The Morgan fingerprint density at radius 3 is 2.55 bits per heavy atom. The molecule has 0 radical (unpaired) electrons. The maximum absolute atomic E-state index is 13.2. The molecule has 4 N–H and O–H groups in total. The number of rotatable bonds is 13. The Morgan fingerprint density at radius 2 is 1.78 bits per heavy atom. The standard InChI is InChI=1S/C38H44N6O4S/c1-3-5-8-19-39-37(47)41-29-13-16-34(26(4-2)22-29)48-35-23-40-38(49-35)42-36(46)27-11-14-30(15-12-27)44-25-28(32-9-6-7-10-33(32)44)24-43-20-17-31(45)18-21-43/h6-7,9-16,22-23,25,31,45H,3-5,8,17-21,24H2,1-2H3,(H2,39,41,47)(H,40,42,46). The quantitative estimate of drug-likeness (QED) is 0.0937. The van der Waals surface area contributed by atoms with E-state index < -0.39 is 0 Å². The third kappa shape index (κ3) is 8.66. The SMILES string of the molecule is CCCCCNC(=O)Nc1ccc(Oc2cnc(NC(=O)c3ccc(-n4cc(CN5CCC(O)CC5)c5ccccc54)cc3)s2)c(CC)c1. The fourth-order valence-electron chi connectivity index (χ4n) is 6.11. The number of unbranched alkanes of at least 4 members (excludes halogenated alkanes) is 2. The Kier molecular flexibility index (Phi) is 11.2. The molecule has 11 heteroatoms. The van der Waals surface area contributed by atoms with Crippen LogP contribution in [0.5, 0.6) is 10.8 Å². The van der Waals surface area contributed by atoms with Gasteiger partial charge in [0.25, 0.3) is 5.91 Å². The van der Waals surface area contributed by atoms with Crippen molar-refractivity contribution in [2.45, 2.75) is 65.0 Å². The summed E-state index contributed by atoms with van der Waals surface area (Å²) in [6, 6.07) is 21.3. The summed E-state index contributed by atoms with van der Waals surface area (Å²) in [6.07, 6.45) is 9.07. The highest BCUT2D eigenvalue weighted by Crippen LogP contribution is 2.34. The normalized spacial score (nSPS) is 13.8. The van der Waals surface area contributed by atoms with Gasteiger partial charge in [-0.2, -0.15) is 0 Å². The number of aromatic nitrogens is 2. The van der Waals surface area contributed by atoms with E-state index in [0.29, 0.717) is 40.2 Å². The number of anilines is 2. The lowest BCUT2D eigenvalue weighted by Gasteiger charge is -2.29. The van der Waals surface area contributed by atoms with Crippen molar-refractivity contribution in [2.75, 3.05) is 30.3 Å². The van der Waals surface area contributed by atoms with E-state index >= 15 is 0 Å². The van der Waals surface area contributed by atoms with E-state index in [2.05, 4.69) is 61.7 Å². The highest BCUT2D eigenvalue weighted by atomic mass is 32.1. The number of fused-ring (bicyclic) bond motifs is 1. The van der Waals surface area contributed by atoms with E-state index in [1.54, 1.807) is 6.20 Å². The lowest BCUT2D eigenvalue weighted by Crippen LogP contribution is -2.35. The van der Waals surface area contributed by atoms with Crippen LogP contribution >= 0.6 is 11.3 Å². The molecule has 3 amide bonds. The second-order valence-electron chi connectivity index (χ2n) is 12.4.